The zero-order chi connectivity index (χ0) is 25.9. The number of thioether (sulfide) groups is 1. The number of rotatable bonds is 7. The van der Waals surface area contributed by atoms with Crippen molar-refractivity contribution in [3.05, 3.63) is 77.1 Å². The van der Waals surface area contributed by atoms with Crippen molar-refractivity contribution in [2.75, 3.05) is 5.32 Å². The highest BCUT2D eigenvalue weighted by Gasteiger charge is 2.26. The van der Waals surface area contributed by atoms with Gasteiger partial charge in [0.25, 0.3) is 5.24 Å². The molecule has 1 unspecified atom stereocenters. The largest absolute Gasteiger partial charge is 0.454 e. The number of benzene rings is 1. The van der Waals surface area contributed by atoms with Crippen LogP contribution in [0.2, 0.25) is 0 Å². The van der Waals surface area contributed by atoms with E-state index in [4.69, 9.17) is 4.42 Å². The molecule has 1 amide bonds. The number of carbonyl (C=O) groups excluding carboxylic acids is 1. The van der Waals surface area contributed by atoms with Gasteiger partial charge in [-0.05, 0) is 73.4 Å². The summed E-state index contributed by atoms with van der Waals surface area (Å²) in [6.07, 6.45) is 8.30. The Morgan fingerprint density at radius 3 is 2.71 bits per heavy atom. The van der Waals surface area contributed by atoms with Crippen molar-refractivity contribution in [3.63, 3.8) is 0 Å². The van der Waals surface area contributed by atoms with Gasteiger partial charge in [0.05, 0.1) is 5.69 Å². The van der Waals surface area contributed by atoms with Crippen molar-refractivity contribution in [3.8, 4) is 11.5 Å². The second kappa shape index (κ2) is 10.9. The normalized spacial score (nSPS) is 22.6. The number of nitrogens with zero attached hydrogens (tertiary/aromatic N) is 3. The Morgan fingerprint density at radius 2 is 1.89 bits per heavy atom. The molecule has 1 saturated heterocycles. The Bertz CT molecular complexity index is 1450. The van der Waals surface area contributed by atoms with Gasteiger partial charge in [-0.25, -0.2) is 9.97 Å². The molecule has 10 heteroatoms. The summed E-state index contributed by atoms with van der Waals surface area (Å²) in [6, 6.07) is 16.6. The van der Waals surface area contributed by atoms with E-state index in [1.807, 2.05) is 36.5 Å². The molecule has 6 rings (SSSR count). The Labute approximate surface area is 224 Å². The number of para-hydroxylation sites is 1. The zero-order valence-electron chi connectivity index (χ0n) is 20.6. The predicted octanol–water partition coefficient (Wildman–Crippen LogP) is 4.91. The molecule has 0 spiro atoms. The van der Waals surface area contributed by atoms with E-state index in [1.165, 1.54) is 0 Å². The minimum absolute atomic E-state index is 0.268. The first-order valence-corrected chi connectivity index (χ1v) is 13.6. The number of hydrogen-bond donors (Lipinski definition) is 4. The lowest BCUT2D eigenvalue weighted by Gasteiger charge is -2.30. The first-order chi connectivity index (χ1) is 18.6. The Morgan fingerprint density at radius 1 is 1.05 bits per heavy atom. The van der Waals surface area contributed by atoms with Crippen LogP contribution >= 0.6 is 11.8 Å². The Balaban J connectivity index is 1.03. The van der Waals surface area contributed by atoms with Crippen molar-refractivity contribution in [2.45, 2.75) is 50.5 Å². The highest BCUT2D eigenvalue weighted by atomic mass is 32.2. The van der Waals surface area contributed by atoms with E-state index < -0.39 is 6.23 Å². The van der Waals surface area contributed by atoms with Crippen LogP contribution in [0.15, 0.2) is 70.2 Å². The van der Waals surface area contributed by atoms with Gasteiger partial charge >= 0.3 is 0 Å². The molecule has 4 aromatic rings. The first kappa shape index (κ1) is 24.6. The number of aliphatic hydroxyl groups is 1. The number of aliphatic hydroxyl groups excluding tert-OH is 1. The maximum Gasteiger partial charge on any atom is 0.285 e. The van der Waals surface area contributed by atoms with Gasteiger partial charge in [-0.2, -0.15) is 0 Å². The van der Waals surface area contributed by atoms with Gasteiger partial charge in [0.2, 0.25) is 5.95 Å². The zero-order valence-corrected chi connectivity index (χ0v) is 21.4. The first-order valence-electron chi connectivity index (χ1n) is 12.7. The van der Waals surface area contributed by atoms with Crippen LogP contribution in [0.1, 0.15) is 36.9 Å². The van der Waals surface area contributed by atoms with Crippen molar-refractivity contribution >= 4 is 40.0 Å². The van der Waals surface area contributed by atoms with Crippen molar-refractivity contribution < 1.29 is 14.3 Å². The highest BCUT2D eigenvalue weighted by Crippen LogP contribution is 2.30. The van der Waals surface area contributed by atoms with E-state index in [0.29, 0.717) is 22.6 Å². The number of amides is 1. The number of pyridine rings is 1. The van der Waals surface area contributed by atoms with E-state index in [2.05, 4.69) is 43.0 Å². The number of nitrogens with one attached hydrogen (secondary N) is 3. The molecule has 0 bridgehead atoms. The molecule has 2 aliphatic rings. The van der Waals surface area contributed by atoms with Crippen LogP contribution in [0.25, 0.3) is 28.5 Å². The molecule has 194 valence electrons. The third-order valence-corrected chi connectivity index (χ3v) is 7.77. The fourth-order valence-corrected chi connectivity index (χ4v) is 5.67. The standard InChI is InChI=1S/C28H28N6O3S/c35-26-24(38-28(36)34-26)15-21-11-13-30-27(33-21)32-20-9-7-19(8-10-20)31-16-18-5-3-12-29-25(18)23-14-17-4-1-2-6-22(17)37-23/h1-6,11-15,19-20,26,31,35H,7-10,16H2,(H,34,36)(H,30,32,33). The van der Waals surface area contributed by atoms with Gasteiger partial charge in [-0.1, -0.05) is 24.3 Å². The highest BCUT2D eigenvalue weighted by molar-refractivity contribution is 8.17. The maximum absolute atomic E-state index is 11.4. The van der Waals surface area contributed by atoms with E-state index in [1.54, 1.807) is 18.3 Å². The molecule has 3 aromatic heterocycles. The fraction of sp³-hybridized carbons (Fsp3) is 0.286. The van der Waals surface area contributed by atoms with E-state index >= 15 is 0 Å². The molecule has 9 nitrogen and oxygen atoms in total. The molecule has 1 atom stereocenters. The monoisotopic (exact) mass is 528 g/mol. The van der Waals surface area contributed by atoms with Crippen LogP contribution in [0, 0.1) is 0 Å². The summed E-state index contributed by atoms with van der Waals surface area (Å²) in [4.78, 5) is 25.5. The SMILES string of the molecule is O=C1NC(O)C(=Cc2ccnc(NC3CCC(NCc4cccnc4-c4cc5ccccc5o4)CC3)n2)S1. The molecule has 1 aliphatic heterocycles. The topological polar surface area (TPSA) is 125 Å². The molecule has 1 aromatic carbocycles. The Hall–Kier alpha value is -3.73. The van der Waals surface area contributed by atoms with Crippen LogP contribution in [-0.2, 0) is 6.54 Å². The summed E-state index contributed by atoms with van der Waals surface area (Å²) in [5.41, 5.74) is 3.51. The quantitative estimate of drug-likeness (QED) is 0.265. The van der Waals surface area contributed by atoms with Crippen LogP contribution in [0.3, 0.4) is 0 Å². The molecule has 4 N–H and O–H groups in total. The lowest BCUT2D eigenvalue weighted by molar-refractivity contribution is 0.192. The average Bonchev–Trinajstić information content (AvgIpc) is 3.50. The third-order valence-electron chi connectivity index (χ3n) is 6.89. The predicted molar refractivity (Wildman–Crippen MR) is 148 cm³/mol. The summed E-state index contributed by atoms with van der Waals surface area (Å²) in [6.45, 7) is 0.726. The summed E-state index contributed by atoms with van der Waals surface area (Å²) >= 11 is 0.978. The molecule has 1 saturated carbocycles. The molecular weight excluding hydrogens is 500 g/mol. The molecule has 2 fully saturated rings. The van der Waals surface area contributed by atoms with Crippen LogP contribution in [0.5, 0.6) is 0 Å². The minimum atomic E-state index is -0.983. The summed E-state index contributed by atoms with van der Waals surface area (Å²) in [5.74, 6) is 1.34. The smallest absolute Gasteiger partial charge is 0.285 e. The fourth-order valence-electron chi connectivity index (χ4n) is 4.93. The molecule has 38 heavy (non-hydrogen) atoms. The number of hydrogen-bond acceptors (Lipinski definition) is 9. The van der Waals surface area contributed by atoms with Crippen molar-refractivity contribution in [1.82, 2.24) is 25.6 Å². The van der Waals surface area contributed by atoms with Gasteiger partial charge in [0.1, 0.15) is 11.3 Å². The molecule has 0 radical (unpaired) electrons. The van der Waals surface area contributed by atoms with E-state index in [9.17, 15) is 9.90 Å². The van der Waals surface area contributed by atoms with Crippen molar-refractivity contribution in [2.24, 2.45) is 0 Å². The lowest BCUT2D eigenvalue weighted by Crippen LogP contribution is -2.37. The van der Waals surface area contributed by atoms with E-state index in [0.717, 1.165) is 72.0 Å². The molecular formula is C28H28N6O3S. The van der Waals surface area contributed by atoms with Gasteiger partial charge in [0.15, 0.2) is 12.0 Å². The van der Waals surface area contributed by atoms with Crippen LogP contribution in [0.4, 0.5) is 10.7 Å². The summed E-state index contributed by atoms with van der Waals surface area (Å²) in [5, 5.41) is 20.3. The second-order valence-corrected chi connectivity index (χ2v) is 10.6. The van der Waals surface area contributed by atoms with Crippen LogP contribution < -0.4 is 16.0 Å². The maximum atomic E-state index is 11.4. The second-order valence-electron chi connectivity index (χ2n) is 9.52. The van der Waals surface area contributed by atoms with Gasteiger partial charge in [-0.3, -0.25) is 9.78 Å². The summed E-state index contributed by atoms with van der Waals surface area (Å²) in [7, 11) is 0. The number of furan rings is 1. The lowest BCUT2D eigenvalue weighted by atomic mass is 9.91. The minimum Gasteiger partial charge on any atom is -0.454 e. The molecule has 1 aliphatic carbocycles. The van der Waals surface area contributed by atoms with Gasteiger partial charge < -0.3 is 25.5 Å². The summed E-state index contributed by atoms with van der Waals surface area (Å²) < 4.78 is 6.07. The number of anilines is 1. The number of carbonyl (C=O) groups is 1. The average molecular weight is 529 g/mol. The number of aromatic nitrogens is 3. The van der Waals surface area contributed by atoms with Gasteiger partial charge in [-0.15, -0.1) is 0 Å². The third kappa shape index (κ3) is 5.57. The Kier molecular flexibility index (Phi) is 7.08. The van der Waals surface area contributed by atoms with Crippen molar-refractivity contribution in [1.29, 1.82) is 0 Å². The number of fused-ring (bicyclic) bond motifs is 1. The van der Waals surface area contributed by atoms with Crippen LogP contribution in [-0.4, -0.2) is 43.6 Å². The molecule has 4 heterocycles. The van der Waals surface area contributed by atoms with Gasteiger partial charge in [0, 0.05) is 41.3 Å². The van der Waals surface area contributed by atoms with E-state index in [-0.39, 0.29) is 11.3 Å².